The van der Waals surface area contributed by atoms with E-state index < -0.39 is 17.7 Å². The maximum Gasteiger partial charge on any atom is 0.340 e. The minimum absolute atomic E-state index is 0.224. The van der Waals surface area contributed by atoms with Crippen molar-refractivity contribution in [2.24, 2.45) is 5.41 Å². The number of hydrogen-bond donors (Lipinski definition) is 0. The van der Waals surface area contributed by atoms with Crippen molar-refractivity contribution in [1.29, 1.82) is 0 Å². The number of anilines is 1. The highest BCUT2D eigenvalue weighted by molar-refractivity contribution is 6.31. The van der Waals surface area contributed by atoms with E-state index >= 15 is 0 Å². The average Bonchev–Trinajstić information content (AvgIpc) is 2.93. The third-order valence-electron chi connectivity index (χ3n) is 7.45. The molecule has 0 bridgehead atoms. The first kappa shape index (κ1) is 31.8. The predicted octanol–water partition coefficient (Wildman–Crippen LogP) is 8.21. The number of pyridine rings is 1. The highest BCUT2D eigenvalue weighted by Crippen LogP contribution is 2.45. The smallest absolute Gasteiger partial charge is 0.340 e. The summed E-state index contributed by atoms with van der Waals surface area (Å²) in [6.07, 6.45) is 3.40. The van der Waals surface area contributed by atoms with Gasteiger partial charge in [-0.25, -0.2) is 14.2 Å². The first-order chi connectivity index (χ1) is 19.9. The second-order valence-electron chi connectivity index (χ2n) is 12.5. The van der Waals surface area contributed by atoms with E-state index in [9.17, 15) is 9.18 Å². The molecule has 1 saturated heterocycles. The van der Waals surface area contributed by atoms with E-state index in [1.54, 1.807) is 25.3 Å². The van der Waals surface area contributed by atoms with Crippen LogP contribution in [0.15, 0.2) is 54.7 Å². The van der Waals surface area contributed by atoms with Gasteiger partial charge in [-0.2, -0.15) is 0 Å². The molecule has 3 aromatic rings. The number of hydrogen-bond acceptors (Lipinski definition) is 6. The number of esters is 1. The lowest BCUT2D eigenvalue weighted by molar-refractivity contribution is -0.166. The fourth-order valence-corrected chi connectivity index (χ4v) is 5.32. The van der Waals surface area contributed by atoms with Gasteiger partial charge in [0.15, 0.2) is 6.10 Å². The number of rotatable bonds is 10. The number of benzene rings is 2. The SMILES string of the molecule is CCOC(=O)C(OC(C)(C)C)c1c(Cl)ncc(-c2ccc(OCCc3ccc(F)cc3)cc2)c1N1CCC(C)(C)CC1. The Kier molecular flexibility index (Phi) is 10.2. The van der Waals surface area contributed by atoms with Crippen molar-refractivity contribution in [3.8, 4) is 16.9 Å². The van der Waals surface area contributed by atoms with Gasteiger partial charge in [0.1, 0.15) is 16.7 Å². The molecule has 1 aliphatic rings. The Morgan fingerprint density at radius 3 is 2.31 bits per heavy atom. The fraction of sp³-hybridized carbons (Fsp3) is 0.471. The largest absolute Gasteiger partial charge is 0.493 e. The molecule has 1 aromatic heterocycles. The summed E-state index contributed by atoms with van der Waals surface area (Å²) in [5.74, 6) is -0.0113. The zero-order valence-corrected chi connectivity index (χ0v) is 26.3. The quantitative estimate of drug-likeness (QED) is 0.174. The van der Waals surface area contributed by atoms with Gasteiger partial charge in [-0.05, 0) is 81.3 Å². The van der Waals surface area contributed by atoms with Crippen LogP contribution in [0.4, 0.5) is 10.1 Å². The maximum atomic E-state index is 13.3. The number of carbonyl (C=O) groups excluding carboxylic acids is 1. The van der Waals surface area contributed by atoms with E-state index in [4.69, 9.17) is 25.8 Å². The van der Waals surface area contributed by atoms with Gasteiger partial charge >= 0.3 is 5.97 Å². The molecular weight excluding hydrogens is 555 g/mol. The summed E-state index contributed by atoms with van der Waals surface area (Å²) in [5, 5.41) is 0.224. The highest BCUT2D eigenvalue weighted by Gasteiger charge is 2.37. The fourth-order valence-electron chi connectivity index (χ4n) is 5.08. The molecule has 6 nitrogen and oxygen atoms in total. The first-order valence-corrected chi connectivity index (χ1v) is 15.0. The summed E-state index contributed by atoms with van der Waals surface area (Å²) in [6.45, 7) is 14.4. The third kappa shape index (κ3) is 8.23. The number of aromatic nitrogens is 1. The number of carbonyl (C=O) groups is 1. The van der Waals surface area contributed by atoms with E-state index in [2.05, 4.69) is 23.7 Å². The average molecular weight is 597 g/mol. The lowest BCUT2D eigenvalue weighted by Gasteiger charge is -2.40. The molecule has 42 heavy (non-hydrogen) atoms. The van der Waals surface area contributed by atoms with Gasteiger partial charge in [-0.15, -0.1) is 0 Å². The summed E-state index contributed by atoms with van der Waals surface area (Å²) in [5.41, 5.74) is 3.76. The Morgan fingerprint density at radius 1 is 1.07 bits per heavy atom. The molecule has 0 radical (unpaired) electrons. The molecule has 0 amide bonds. The van der Waals surface area contributed by atoms with Gasteiger partial charge in [-0.1, -0.05) is 49.7 Å². The second kappa shape index (κ2) is 13.4. The van der Waals surface area contributed by atoms with Crippen molar-refractivity contribution < 1.29 is 23.4 Å². The molecule has 0 N–H and O–H groups in total. The molecule has 1 aliphatic heterocycles. The monoisotopic (exact) mass is 596 g/mol. The molecule has 0 saturated carbocycles. The Bertz CT molecular complexity index is 1340. The minimum Gasteiger partial charge on any atom is -0.493 e. The first-order valence-electron chi connectivity index (χ1n) is 14.6. The van der Waals surface area contributed by atoms with E-state index in [1.807, 2.05) is 45.0 Å². The Labute approximate surface area is 254 Å². The summed E-state index contributed by atoms with van der Waals surface area (Å²) in [6, 6.07) is 14.3. The minimum atomic E-state index is -1.04. The topological polar surface area (TPSA) is 60.9 Å². The Morgan fingerprint density at radius 2 is 1.71 bits per heavy atom. The van der Waals surface area contributed by atoms with E-state index in [1.165, 1.54) is 12.1 Å². The highest BCUT2D eigenvalue weighted by atomic mass is 35.5. The van der Waals surface area contributed by atoms with Crippen molar-refractivity contribution in [2.45, 2.75) is 72.5 Å². The summed E-state index contributed by atoms with van der Waals surface area (Å²) in [4.78, 5) is 20.2. The van der Waals surface area contributed by atoms with Crippen LogP contribution < -0.4 is 9.64 Å². The van der Waals surface area contributed by atoms with Crippen LogP contribution in [0.2, 0.25) is 5.15 Å². The van der Waals surface area contributed by atoms with Crippen LogP contribution in [0, 0.1) is 11.2 Å². The third-order valence-corrected chi connectivity index (χ3v) is 7.75. The van der Waals surface area contributed by atoms with E-state index in [0.29, 0.717) is 18.6 Å². The van der Waals surface area contributed by atoms with Crippen LogP contribution in [0.1, 0.15) is 71.6 Å². The van der Waals surface area contributed by atoms with Crippen molar-refractivity contribution in [3.63, 3.8) is 0 Å². The van der Waals surface area contributed by atoms with Crippen LogP contribution in [-0.2, 0) is 20.7 Å². The molecule has 8 heteroatoms. The summed E-state index contributed by atoms with van der Waals surface area (Å²) < 4.78 is 31.0. The van der Waals surface area contributed by atoms with Gasteiger partial charge in [0.05, 0.1) is 30.1 Å². The summed E-state index contributed by atoms with van der Waals surface area (Å²) in [7, 11) is 0. The van der Waals surface area contributed by atoms with Crippen LogP contribution >= 0.6 is 11.6 Å². The zero-order valence-electron chi connectivity index (χ0n) is 25.5. The lowest BCUT2D eigenvalue weighted by atomic mass is 9.82. The van der Waals surface area contributed by atoms with Crippen molar-refractivity contribution in [1.82, 2.24) is 4.98 Å². The number of halogens is 2. The number of ether oxygens (including phenoxy) is 3. The normalized spacial score (nSPS) is 15.8. The number of nitrogens with zero attached hydrogens (tertiary/aromatic N) is 2. The molecule has 2 aromatic carbocycles. The molecule has 0 aliphatic carbocycles. The molecule has 1 atom stereocenters. The van der Waals surface area contributed by atoms with E-state index in [0.717, 1.165) is 54.1 Å². The van der Waals surface area contributed by atoms with Crippen molar-refractivity contribution in [3.05, 3.63) is 76.8 Å². The van der Waals surface area contributed by atoms with Gasteiger partial charge in [-0.3, -0.25) is 0 Å². The maximum absolute atomic E-state index is 13.3. The predicted molar refractivity (Wildman–Crippen MR) is 166 cm³/mol. The van der Waals surface area contributed by atoms with Crippen molar-refractivity contribution in [2.75, 3.05) is 31.2 Å². The molecule has 1 unspecified atom stereocenters. The van der Waals surface area contributed by atoms with Gasteiger partial charge < -0.3 is 19.1 Å². The second-order valence-corrected chi connectivity index (χ2v) is 12.8. The van der Waals surface area contributed by atoms with Gasteiger partial charge in [0.2, 0.25) is 0 Å². The molecule has 4 rings (SSSR count). The molecule has 226 valence electrons. The van der Waals surface area contributed by atoms with Crippen LogP contribution in [-0.4, -0.2) is 42.9 Å². The van der Waals surface area contributed by atoms with Crippen LogP contribution in [0.25, 0.3) is 11.1 Å². The summed E-state index contributed by atoms with van der Waals surface area (Å²) >= 11 is 6.81. The number of piperidine rings is 1. The van der Waals surface area contributed by atoms with Crippen molar-refractivity contribution >= 4 is 23.3 Å². The molecule has 1 fully saturated rings. The Hall–Kier alpha value is -3.16. The van der Waals surface area contributed by atoms with Gasteiger partial charge in [0.25, 0.3) is 0 Å². The van der Waals surface area contributed by atoms with Crippen LogP contribution in [0.3, 0.4) is 0 Å². The molecule has 2 heterocycles. The lowest BCUT2D eigenvalue weighted by Crippen LogP contribution is -2.39. The zero-order chi connectivity index (χ0) is 30.5. The molecule has 0 spiro atoms. The van der Waals surface area contributed by atoms with Crippen LogP contribution in [0.5, 0.6) is 5.75 Å². The molecular formula is C34H42ClFN2O4. The van der Waals surface area contributed by atoms with E-state index in [-0.39, 0.29) is 23.0 Å². The standard InChI is InChI=1S/C34H42ClFN2O4/c1-7-40-32(39)30(42-33(2,3)4)28-29(38-19-17-34(5,6)18-20-38)27(22-37-31(28)35)24-10-14-26(15-11-24)41-21-16-23-8-12-25(36)13-9-23/h8-15,22,30H,7,16-21H2,1-6H3. The Balaban J connectivity index is 1.69. The van der Waals surface area contributed by atoms with Gasteiger partial charge in [0, 0.05) is 31.3 Å².